The zero-order valence-electron chi connectivity index (χ0n) is 34.7. The number of nitrogens with zero attached hydrogens (tertiary/aromatic N) is 2. The van der Waals surface area contributed by atoms with Crippen LogP contribution in [0.4, 0.5) is 11.4 Å². The second kappa shape index (κ2) is 14.1. The number of benzene rings is 9. The largest absolute Gasteiger partial charge is 0.334 e. The van der Waals surface area contributed by atoms with Gasteiger partial charge in [-0.2, -0.15) is 0 Å². The van der Waals surface area contributed by atoms with Gasteiger partial charge in [0.15, 0.2) is 0 Å². The van der Waals surface area contributed by atoms with E-state index in [1.54, 1.807) is 0 Å². The van der Waals surface area contributed by atoms with Crippen LogP contribution >= 0.6 is 0 Å². The predicted molar refractivity (Wildman–Crippen MR) is 263 cm³/mol. The Morgan fingerprint density at radius 1 is 0.413 bits per heavy atom. The van der Waals surface area contributed by atoms with Crippen molar-refractivity contribution in [2.75, 3.05) is 4.90 Å². The maximum absolute atomic E-state index is 2.57. The van der Waals surface area contributed by atoms with Gasteiger partial charge in [-0.15, -0.1) is 0 Å². The van der Waals surface area contributed by atoms with Gasteiger partial charge >= 0.3 is 0 Å². The summed E-state index contributed by atoms with van der Waals surface area (Å²) >= 11 is 0. The third-order valence-electron chi connectivity index (χ3n) is 13.9. The van der Waals surface area contributed by atoms with Crippen molar-refractivity contribution >= 4 is 38.8 Å². The number of hydrogen-bond acceptors (Lipinski definition) is 1. The lowest BCUT2D eigenvalue weighted by atomic mass is 9.70. The van der Waals surface area contributed by atoms with Gasteiger partial charge in [-0.25, -0.2) is 0 Å². The van der Waals surface area contributed by atoms with Crippen molar-refractivity contribution < 1.29 is 0 Å². The predicted octanol–water partition coefficient (Wildman–Crippen LogP) is 15.3. The Hall–Kier alpha value is -7.94. The molecule has 3 aliphatic rings. The molecule has 0 aliphatic heterocycles. The van der Waals surface area contributed by atoms with E-state index >= 15 is 0 Å². The number of allylic oxidation sites excluding steroid dienone is 2. The van der Waals surface area contributed by atoms with Gasteiger partial charge in [-0.05, 0) is 128 Å². The average molecular weight is 803 g/mol. The molecule has 0 amide bonds. The molecule has 0 fully saturated rings. The molecule has 0 bridgehead atoms. The van der Waals surface area contributed by atoms with Crippen LogP contribution in [0.2, 0.25) is 0 Å². The van der Waals surface area contributed by atoms with E-state index in [0.29, 0.717) is 0 Å². The molecule has 1 aromatic heterocycles. The summed E-state index contributed by atoms with van der Waals surface area (Å²) in [7, 11) is 0. The number of hydrogen-bond donors (Lipinski definition) is 0. The van der Waals surface area contributed by atoms with Gasteiger partial charge in [0.05, 0.1) is 22.5 Å². The van der Waals surface area contributed by atoms with Crippen LogP contribution in [-0.4, -0.2) is 10.6 Å². The van der Waals surface area contributed by atoms with Crippen molar-refractivity contribution in [1.29, 1.82) is 0 Å². The van der Waals surface area contributed by atoms with Crippen molar-refractivity contribution in [1.82, 2.24) is 4.57 Å². The summed E-state index contributed by atoms with van der Waals surface area (Å²) < 4.78 is 2.38. The minimum absolute atomic E-state index is 0.115. The molecule has 63 heavy (non-hydrogen) atoms. The van der Waals surface area contributed by atoms with Crippen LogP contribution in [0, 0.1) is 0 Å². The number of rotatable bonds is 6. The highest BCUT2D eigenvalue weighted by Gasteiger charge is 2.51. The lowest BCUT2D eigenvalue weighted by molar-refractivity contribution is 0.775. The van der Waals surface area contributed by atoms with E-state index in [0.717, 1.165) is 6.42 Å². The van der Waals surface area contributed by atoms with Gasteiger partial charge < -0.3 is 9.47 Å². The Bertz CT molecular complexity index is 3420. The fourth-order valence-electron chi connectivity index (χ4n) is 11.2. The molecular weight excluding hydrogens is 761 g/mol. The van der Waals surface area contributed by atoms with Crippen molar-refractivity contribution in [3.8, 4) is 39.1 Å². The monoisotopic (exact) mass is 802 g/mol. The number of para-hydroxylation sites is 2. The van der Waals surface area contributed by atoms with Crippen molar-refractivity contribution in [3.05, 3.63) is 264 Å². The lowest BCUT2D eigenvalue weighted by Gasteiger charge is -2.35. The van der Waals surface area contributed by atoms with E-state index in [2.05, 4.69) is 246 Å². The van der Waals surface area contributed by atoms with E-state index in [9.17, 15) is 0 Å². The molecule has 1 atom stereocenters. The standard InChI is InChI=1S/C61H42N2/c1-3-15-41(16-4-1)42-27-32-46(33-28-42)62(47-34-29-43(30-35-47)44-31-38-60-54(39-44)53-22-10-14-26-59(53)63(60)45-17-5-2-6-18-45)48-36-37-52-51-21-9-13-25-57(51)61(58(52)40-48)55-23-11-7-19-49(55)50-20-8-12-24-56(50)61/h1-32,34-40,46H,33H2. The van der Waals surface area contributed by atoms with Gasteiger partial charge in [0.2, 0.25) is 0 Å². The summed E-state index contributed by atoms with van der Waals surface area (Å²) in [4.78, 5) is 2.57. The molecule has 1 heterocycles. The first-order valence-electron chi connectivity index (χ1n) is 22.1. The molecule has 2 nitrogen and oxygen atoms in total. The highest BCUT2D eigenvalue weighted by Crippen LogP contribution is 2.63. The zero-order chi connectivity index (χ0) is 41.5. The highest BCUT2D eigenvalue weighted by molar-refractivity contribution is 6.10. The van der Waals surface area contributed by atoms with Crippen molar-refractivity contribution in [3.63, 3.8) is 0 Å². The van der Waals surface area contributed by atoms with E-state index < -0.39 is 5.41 Å². The van der Waals surface area contributed by atoms with Crippen LogP contribution in [0.1, 0.15) is 34.2 Å². The molecule has 1 unspecified atom stereocenters. The van der Waals surface area contributed by atoms with Gasteiger partial charge in [0.25, 0.3) is 0 Å². The third kappa shape index (κ3) is 5.31. The van der Waals surface area contributed by atoms with Gasteiger partial charge in [0.1, 0.15) is 0 Å². The summed E-state index contributed by atoms with van der Waals surface area (Å²) in [5.74, 6) is 0. The van der Waals surface area contributed by atoms with Gasteiger partial charge in [-0.1, -0.05) is 182 Å². The maximum atomic E-state index is 2.57. The van der Waals surface area contributed by atoms with Crippen LogP contribution < -0.4 is 4.90 Å². The molecule has 9 aromatic carbocycles. The number of aromatic nitrogens is 1. The highest BCUT2D eigenvalue weighted by atomic mass is 15.2. The van der Waals surface area contributed by atoms with E-state index in [1.165, 1.54) is 106 Å². The fourth-order valence-corrected chi connectivity index (χ4v) is 11.2. The lowest BCUT2D eigenvalue weighted by Crippen LogP contribution is -2.31. The first-order valence-corrected chi connectivity index (χ1v) is 22.1. The molecule has 1 spiro atoms. The molecule has 13 rings (SSSR count). The zero-order valence-corrected chi connectivity index (χ0v) is 34.7. The smallest absolute Gasteiger partial charge is 0.0726 e. The SMILES string of the molecule is C1=CC(N(c2ccc(-c3ccc4c(c3)c3ccccc3n4-c3ccccc3)cc2)c2ccc3c(c2)C2(c4ccccc4-c4ccccc42)c2ccccc2-3)CC=C1c1ccccc1. The Labute approximate surface area is 368 Å². The maximum Gasteiger partial charge on any atom is 0.0726 e. The van der Waals surface area contributed by atoms with Crippen LogP contribution in [-0.2, 0) is 5.41 Å². The van der Waals surface area contributed by atoms with Crippen molar-refractivity contribution in [2.45, 2.75) is 17.9 Å². The first-order chi connectivity index (χ1) is 31.3. The Morgan fingerprint density at radius 3 is 1.63 bits per heavy atom. The topological polar surface area (TPSA) is 8.17 Å². The Morgan fingerprint density at radius 2 is 0.968 bits per heavy atom. The Kier molecular flexibility index (Phi) is 7.98. The summed E-state index contributed by atoms with van der Waals surface area (Å²) in [6.45, 7) is 0. The molecule has 0 saturated heterocycles. The van der Waals surface area contributed by atoms with Crippen LogP contribution in [0.25, 0.3) is 66.4 Å². The normalized spacial score (nSPS) is 15.2. The summed E-state index contributed by atoms with van der Waals surface area (Å²) in [5.41, 5.74) is 21.2. The molecule has 2 heteroatoms. The van der Waals surface area contributed by atoms with Crippen LogP contribution in [0.5, 0.6) is 0 Å². The number of fused-ring (bicyclic) bond motifs is 13. The molecule has 0 saturated carbocycles. The van der Waals surface area contributed by atoms with E-state index in [1.807, 2.05) is 0 Å². The Balaban J connectivity index is 0.951. The summed E-state index contributed by atoms with van der Waals surface area (Å²) in [5, 5.41) is 2.52. The summed E-state index contributed by atoms with van der Waals surface area (Å²) in [6.07, 6.45) is 8.03. The second-order valence-corrected chi connectivity index (χ2v) is 17.1. The minimum atomic E-state index is -0.407. The molecule has 296 valence electrons. The van der Waals surface area contributed by atoms with Crippen molar-refractivity contribution in [2.24, 2.45) is 0 Å². The number of anilines is 2. The van der Waals surface area contributed by atoms with Crippen LogP contribution in [0.15, 0.2) is 237 Å². The average Bonchev–Trinajstić information content (AvgIpc) is 3.96. The van der Waals surface area contributed by atoms with E-state index in [4.69, 9.17) is 0 Å². The van der Waals surface area contributed by atoms with Gasteiger partial charge in [-0.3, -0.25) is 0 Å². The molecule has 10 aromatic rings. The van der Waals surface area contributed by atoms with E-state index in [-0.39, 0.29) is 6.04 Å². The quantitative estimate of drug-likeness (QED) is 0.163. The fraction of sp³-hybridized carbons (Fsp3) is 0.0492. The molecular formula is C61H42N2. The van der Waals surface area contributed by atoms with Crippen LogP contribution in [0.3, 0.4) is 0 Å². The second-order valence-electron chi connectivity index (χ2n) is 17.1. The third-order valence-corrected chi connectivity index (χ3v) is 13.9. The van der Waals surface area contributed by atoms with Gasteiger partial charge in [0, 0.05) is 27.8 Å². The molecule has 0 N–H and O–H groups in total. The summed E-state index contributed by atoms with van der Waals surface area (Å²) in [6, 6.07) is 81.0. The molecule has 3 aliphatic carbocycles. The minimum Gasteiger partial charge on any atom is -0.334 e. The molecule has 0 radical (unpaired) electrons. The first kappa shape index (κ1) is 35.8.